The van der Waals surface area contributed by atoms with Crippen LogP contribution >= 0.6 is 11.6 Å². The molecule has 0 aliphatic heterocycles. The summed E-state index contributed by atoms with van der Waals surface area (Å²) in [6.07, 6.45) is 0. The molecule has 0 heterocycles. The number of hydrogen-bond acceptors (Lipinski definition) is 2. The van der Waals surface area contributed by atoms with Crippen LogP contribution in [0, 0.1) is 6.92 Å². The number of nitrogens with one attached hydrogen (secondary N) is 1. The number of hydrogen-bond donors (Lipinski definition) is 2. The van der Waals surface area contributed by atoms with E-state index in [0.29, 0.717) is 22.0 Å². The minimum Gasteiger partial charge on any atom is -0.397 e. The predicted molar refractivity (Wildman–Crippen MR) is 75.0 cm³/mol. The minimum absolute atomic E-state index is 0.158. The van der Waals surface area contributed by atoms with E-state index in [1.54, 1.807) is 24.3 Å². The number of carbonyl (C=O) groups is 1. The van der Waals surface area contributed by atoms with Gasteiger partial charge in [-0.05, 0) is 36.8 Å². The Balaban J connectivity index is 2.22. The SMILES string of the molecule is Cc1ccccc1C(=O)Nc1ccc(Cl)c(N)c1. The fraction of sp³-hybridized carbons (Fsp3) is 0.0714. The molecular weight excluding hydrogens is 248 g/mol. The van der Waals surface area contributed by atoms with Crippen molar-refractivity contribution in [3.63, 3.8) is 0 Å². The first kappa shape index (κ1) is 12.5. The van der Waals surface area contributed by atoms with Crippen molar-refractivity contribution in [3.8, 4) is 0 Å². The Kier molecular flexibility index (Phi) is 3.53. The second-order valence-corrected chi connectivity index (χ2v) is 4.41. The Labute approximate surface area is 111 Å². The molecule has 2 aromatic carbocycles. The van der Waals surface area contributed by atoms with Crippen molar-refractivity contribution >= 4 is 28.9 Å². The minimum atomic E-state index is -0.158. The zero-order valence-electron chi connectivity index (χ0n) is 9.91. The highest BCUT2D eigenvalue weighted by atomic mass is 35.5. The Morgan fingerprint density at radius 2 is 1.94 bits per heavy atom. The molecule has 0 radical (unpaired) electrons. The molecule has 0 atom stereocenters. The highest BCUT2D eigenvalue weighted by Crippen LogP contribution is 2.22. The Morgan fingerprint density at radius 1 is 1.22 bits per heavy atom. The fourth-order valence-corrected chi connectivity index (χ4v) is 1.77. The zero-order chi connectivity index (χ0) is 13.1. The smallest absolute Gasteiger partial charge is 0.255 e. The fourth-order valence-electron chi connectivity index (χ4n) is 1.65. The monoisotopic (exact) mass is 260 g/mol. The number of nitrogen functional groups attached to an aromatic ring is 1. The van der Waals surface area contributed by atoms with Crippen molar-refractivity contribution in [1.29, 1.82) is 0 Å². The molecule has 0 aliphatic rings. The predicted octanol–water partition coefficient (Wildman–Crippen LogP) is 3.48. The maximum atomic E-state index is 12.0. The lowest BCUT2D eigenvalue weighted by Gasteiger charge is -2.08. The molecule has 0 bridgehead atoms. The molecule has 18 heavy (non-hydrogen) atoms. The molecule has 2 aromatic rings. The third kappa shape index (κ3) is 2.63. The van der Waals surface area contributed by atoms with Gasteiger partial charge in [-0.15, -0.1) is 0 Å². The molecule has 0 spiro atoms. The van der Waals surface area contributed by atoms with Crippen molar-refractivity contribution in [1.82, 2.24) is 0 Å². The summed E-state index contributed by atoms with van der Waals surface area (Å²) in [6, 6.07) is 12.4. The van der Waals surface area contributed by atoms with E-state index in [1.807, 2.05) is 25.1 Å². The maximum absolute atomic E-state index is 12.0. The van der Waals surface area contributed by atoms with Crippen LogP contribution in [0.4, 0.5) is 11.4 Å². The third-order valence-electron chi connectivity index (χ3n) is 2.64. The molecule has 3 N–H and O–H groups in total. The summed E-state index contributed by atoms with van der Waals surface area (Å²) in [6.45, 7) is 1.89. The molecule has 0 unspecified atom stereocenters. The lowest BCUT2D eigenvalue weighted by molar-refractivity contribution is 0.102. The van der Waals surface area contributed by atoms with Gasteiger partial charge >= 0.3 is 0 Å². The summed E-state index contributed by atoms with van der Waals surface area (Å²) in [4.78, 5) is 12.0. The first-order valence-electron chi connectivity index (χ1n) is 5.50. The molecule has 0 saturated heterocycles. The summed E-state index contributed by atoms with van der Waals surface area (Å²) in [7, 11) is 0. The molecule has 0 aliphatic carbocycles. The van der Waals surface area contributed by atoms with Gasteiger partial charge in [-0.1, -0.05) is 29.8 Å². The van der Waals surface area contributed by atoms with E-state index in [9.17, 15) is 4.79 Å². The van der Waals surface area contributed by atoms with Gasteiger partial charge in [0.15, 0.2) is 0 Å². The van der Waals surface area contributed by atoms with Gasteiger partial charge in [-0.2, -0.15) is 0 Å². The Hall–Kier alpha value is -2.00. The molecule has 0 fully saturated rings. The first-order valence-corrected chi connectivity index (χ1v) is 5.88. The second-order valence-electron chi connectivity index (χ2n) is 4.01. The van der Waals surface area contributed by atoms with Gasteiger partial charge in [0, 0.05) is 11.3 Å². The Morgan fingerprint density at radius 3 is 2.61 bits per heavy atom. The average Bonchev–Trinajstić information content (AvgIpc) is 2.34. The normalized spacial score (nSPS) is 10.1. The quantitative estimate of drug-likeness (QED) is 0.812. The highest BCUT2D eigenvalue weighted by Gasteiger charge is 2.08. The molecule has 3 nitrogen and oxygen atoms in total. The summed E-state index contributed by atoms with van der Waals surface area (Å²) in [5.41, 5.74) is 8.33. The third-order valence-corrected chi connectivity index (χ3v) is 2.99. The number of nitrogens with two attached hydrogens (primary N) is 1. The van der Waals surface area contributed by atoms with E-state index >= 15 is 0 Å². The van der Waals surface area contributed by atoms with E-state index in [1.165, 1.54) is 0 Å². The number of benzene rings is 2. The van der Waals surface area contributed by atoms with Crippen LogP contribution < -0.4 is 11.1 Å². The number of rotatable bonds is 2. The summed E-state index contributed by atoms with van der Waals surface area (Å²) >= 11 is 5.82. The standard InChI is InChI=1S/C14H13ClN2O/c1-9-4-2-3-5-11(9)14(18)17-10-6-7-12(15)13(16)8-10/h2-8H,16H2,1H3,(H,17,18). The van der Waals surface area contributed by atoms with Crippen molar-refractivity contribution in [2.24, 2.45) is 0 Å². The summed E-state index contributed by atoms with van der Waals surface area (Å²) in [5, 5.41) is 3.27. The van der Waals surface area contributed by atoms with Gasteiger partial charge in [-0.25, -0.2) is 0 Å². The van der Waals surface area contributed by atoms with Crippen molar-refractivity contribution < 1.29 is 4.79 Å². The number of carbonyl (C=O) groups excluding carboxylic acids is 1. The van der Waals surface area contributed by atoms with Gasteiger partial charge in [0.1, 0.15) is 0 Å². The lowest BCUT2D eigenvalue weighted by Crippen LogP contribution is -2.13. The molecule has 2 rings (SSSR count). The zero-order valence-corrected chi connectivity index (χ0v) is 10.7. The van der Waals surface area contributed by atoms with Crippen LogP contribution in [-0.4, -0.2) is 5.91 Å². The Bertz CT molecular complexity index is 596. The van der Waals surface area contributed by atoms with Crippen LogP contribution in [0.1, 0.15) is 15.9 Å². The molecular formula is C14H13ClN2O. The van der Waals surface area contributed by atoms with Gasteiger partial charge in [-0.3, -0.25) is 4.79 Å². The van der Waals surface area contributed by atoms with Crippen LogP contribution in [0.15, 0.2) is 42.5 Å². The van der Waals surface area contributed by atoms with Crippen LogP contribution in [0.25, 0.3) is 0 Å². The molecule has 1 amide bonds. The van der Waals surface area contributed by atoms with Gasteiger partial charge in [0.05, 0.1) is 10.7 Å². The van der Waals surface area contributed by atoms with E-state index in [2.05, 4.69) is 5.32 Å². The molecule has 0 aromatic heterocycles. The summed E-state index contributed by atoms with van der Waals surface area (Å²) in [5.74, 6) is -0.158. The summed E-state index contributed by atoms with van der Waals surface area (Å²) < 4.78 is 0. The number of anilines is 2. The number of amides is 1. The van der Waals surface area contributed by atoms with E-state index in [4.69, 9.17) is 17.3 Å². The van der Waals surface area contributed by atoms with Gasteiger partial charge in [0.25, 0.3) is 5.91 Å². The first-order chi connectivity index (χ1) is 8.58. The van der Waals surface area contributed by atoms with Crippen LogP contribution in [0.5, 0.6) is 0 Å². The lowest BCUT2D eigenvalue weighted by atomic mass is 10.1. The van der Waals surface area contributed by atoms with Crippen molar-refractivity contribution in [2.75, 3.05) is 11.1 Å². The number of halogens is 1. The van der Waals surface area contributed by atoms with Crippen LogP contribution in [0.2, 0.25) is 5.02 Å². The van der Waals surface area contributed by atoms with Crippen molar-refractivity contribution in [3.05, 3.63) is 58.6 Å². The topological polar surface area (TPSA) is 55.1 Å². The average molecular weight is 261 g/mol. The van der Waals surface area contributed by atoms with Gasteiger partial charge in [0.2, 0.25) is 0 Å². The second kappa shape index (κ2) is 5.10. The van der Waals surface area contributed by atoms with Gasteiger partial charge < -0.3 is 11.1 Å². The van der Waals surface area contributed by atoms with Crippen LogP contribution in [0.3, 0.4) is 0 Å². The molecule has 92 valence electrons. The number of aryl methyl sites for hydroxylation is 1. The largest absolute Gasteiger partial charge is 0.397 e. The van der Waals surface area contributed by atoms with E-state index in [-0.39, 0.29) is 5.91 Å². The van der Waals surface area contributed by atoms with Crippen molar-refractivity contribution in [2.45, 2.75) is 6.92 Å². The van der Waals surface area contributed by atoms with E-state index < -0.39 is 0 Å². The van der Waals surface area contributed by atoms with Crippen LogP contribution in [-0.2, 0) is 0 Å². The molecule has 4 heteroatoms. The molecule has 0 saturated carbocycles. The maximum Gasteiger partial charge on any atom is 0.255 e. The van der Waals surface area contributed by atoms with E-state index in [0.717, 1.165) is 5.56 Å². The highest BCUT2D eigenvalue weighted by molar-refractivity contribution is 6.33.